The first-order chi connectivity index (χ1) is 9.72. The molecule has 0 unspecified atom stereocenters. The Morgan fingerprint density at radius 3 is 2.55 bits per heavy atom. The van der Waals surface area contributed by atoms with Crippen LogP contribution in [0.4, 0.5) is 0 Å². The standard InChI is InChI=1S/C15H27NO4/c1-3-19-15(17)11-4-6-13(7-5-11)20-10-12-8-14(18-2)9-16-12/h11-14,16H,3-10H2,1-2H3/t11?,12-,13?,14-/m0/s1. The molecule has 1 saturated heterocycles. The van der Waals surface area contributed by atoms with Crippen LogP contribution in [0, 0.1) is 5.92 Å². The van der Waals surface area contributed by atoms with Crippen LogP contribution in [-0.2, 0) is 19.0 Å². The lowest BCUT2D eigenvalue weighted by Gasteiger charge is -2.28. The SMILES string of the molecule is CCOC(=O)C1CCC(OC[C@@H]2C[C@H](OC)CN2)CC1. The van der Waals surface area contributed by atoms with Gasteiger partial charge < -0.3 is 19.5 Å². The van der Waals surface area contributed by atoms with Crippen LogP contribution in [0.1, 0.15) is 39.0 Å². The molecule has 2 rings (SSSR count). The molecule has 0 spiro atoms. The summed E-state index contributed by atoms with van der Waals surface area (Å²) < 4.78 is 16.4. The summed E-state index contributed by atoms with van der Waals surface area (Å²) in [5.74, 6) is 0.0450. The normalized spacial score (nSPS) is 34.1. The third-order valence-corrected chi connectivity index (χ3v) is 4.34. The molecule has 1 N–H and O–H groups in total. The van der Waals surface area contributed by atoms with Gasteiger partial charge in [0.15, 0.2) is 0 Å². The maximum atomic E-state index is 11.7. The third-order valence-electron chi connectivity index (χ3n) is 4.34. The van der Waals surface area contributed by atoms with Crippen molar-refractivity contribution in [3.63, 3.8) is 0 Å². The lowest BCUT2D eigenvalue weighted by atomic mass is 9.87. The number of rotatable bonds is 6. The third kappa shape index (κ3) is 4.43. The van der Waals surface area contributed by atoms with E-state index in [9.17, 15) is 4.79 Å². The van der Waals surface area contributed by atoms with Crippen molar-refractivity contribution in [1.29, 1.82) is 0 Å². The second kappa shape index (κ2) is 7.96. The molecule has 5 heteroatoms. The zero-order chi connectivity index (χ0) is 14.4. The maximum absolute atomic E-state index is 11.7. The summed E-state index contributed by atoms with van der Waals surface area (Å²) in [6.45, 7) is 3.99. The number of hydrogen-bond acceptors (Lipinski definition) is 5. The first kappa shape index (κ1) is 15.7. The highest BCUT2D eigenvalue weighted by atomic mass is 16.5. The Morgan fingerprint density at radius 2 is 1.95 bits per heavy atom. The van der Waals surface area contributed by atoms with Gasteiger partial charge in [-0.15, -0.1) is 0 Å². The fourth-order valence-corrected chi connectivity index (χ4v) is 3.07. The van der Waals surface area contributed by atoms with E-state index in [1.54, 1.807) is 7.11 Å². The summed E-state index contributed by atoms with van der Waals surface area (Å²) in [7, 11) is 1.76. The fraction of sp³-hybridized carbons (Fsp3) is 0.933. The van der Waals surface area contributed by atoms with E-state index >= 15 is 0 Å². The Morgan fingerprint density at radius 1 is 1.20 bits per heavy atom. The van der Waals surface area contributed by atoms with Crippen LogP contribution in [-0.4, -0.2) is 51.1 Å². The van der Waals surface area contributed by atoms with Gasteiger partial charge in [0.1, 0.15) is 0 Å². The van der Waals surface area contributed by atoms with Crippen LogP contribution in [0.2, 0.25) is 0 Å². The monoisotopic (exact) mass is 285 g/mol. The number of carbonyl (C=O) groups excluding carboxylic acids is 1. The van der Waals surface area contributed by atoms with Crippen molar-refractivity contribution >= 4 is 5.97 Å². The molecule has 1 aliphatic carbocycles. The molecule has 116 valence electrons. The lowest BCUT2D eigenvalue weighted by molar-refractivity contribution is -0.150. The molecule has 0 aromatic carbocycles. The number of nitrogens with one attached hydrogen (secondary N) is 1. The predicted molar refractivity (Wildman–Crippen MR) is 75.5 cm³/mol. The summed E-state index contributed by atoms with van der Waals surface area (Å²) >= 11 is 0. The first-order valence-corrected chi connectivity index (χ1v) is 7.77. The van der Waals surface area contributed by atoms with Crippen molar-refractivity contribution < 1.29 is 19.0 Å². The van der Waals surface area contributed by atoms with Gasteiger partial charge in [-0.2, -0.15) is 0 Å². The van der Waals surface area contributed by atoms with E-state index in [0.717, 1.165) is 45.3 Å². The minimum atomic E-state index is -0.0358. The Hall–Kier alpha value is -0.650. The highest BCUT2D eigenvalue weighted by Gasteiger charge is 2.29. The smallest absolute Gasteiger partial charge is 0.308 e. The van der Waals surface area contributed by atoms with Gasteiger partial charge in [0.25, 0.3) is 0 Å². The van der Waals surface area contributed by atoms with Crippen molar-refractivity contribution in [1.82, 2.24) is 5.32 Å². The average molecular weight is 285 g/mol. The predicted octanol–water partition coefficient (Wildman–Crippen LogP) is 1.50. The first-order valence-electron chi connectivity index (χ1n) is 7.77. The van der Waals surface area contributed by atoms with E-state index < -0.39 is 0 Å². The van der Waals surface area contributed by atoms with Crippen LogP contribution in [0.5, 0.6) is 0 Å². The highest BCUT2D eigenvalue weighted by Crippen LogP contribution is 2.27. The zero-order valence-corrected chi connectivity index (χ0v) is 12.6. The largest absolute Gasteiger partial charge is 0.466 e. The van der Waals surface area contributed by atoms with Crippen molar-refractivity contribution in [2.45, 2.75) is 57.3 Å². The topological polar surface area (TPSA) is 56.8 Å². The summed E-state index contributed by atoms with van der Waals surface area (Å²) in [6, 6.07) is 0.405. The van der Waals surface area contributed by atoms with Crippen LogP contribution >= 0.6 is 0 Å². The van der Waals surface area contributed by atoms with Gasteiger partial charge in [0.2, 0.25) is 0 Å². The number of esters is 1. The van der Waals surface area contributed by atoms with Crippen molar-refractivity contribution in [3.05, 3.63) is 0 Å². The van der Waals surface area contributed by atoms with Crippen LogP contribution in [0.3, 0.4) is 0 Å². The Kier molecular flexibility index (Phi) is 6.26. The molecule has 2 aliphatic rings. The summed E-state index contributed by atoms with van der Waals surface area (Å²) in [4.78, 5) is 11.7. The van der Waals surface area contributed by atoms with Crippen LogP contribution in [0.25, 0.3) is 0 Å². The Labute approximate surface area is 121 Å². The van der Waals surface area contributed by atoms with Crippen molar-refractivity contribution in [2.75, 3.05) is 26.9 Å². The van der Waals surface area contributed by atoms with Gasteiger partial charge in [-0.3, -0.25) is 4.79 Å². The van der Waals surface area contributed by atoms with Crippen LogP contribution < -0.4 is 5.32 Å². The lowest BCUT2D eigenvalue weighted by Crippen LogP contribution is -2.32. The molecule has 0 radical (unpaired) electrons. The zero-order valence-electron chi connectivity index (χ0n) is 12.6. The molecule has 20 heavy (non-hydrogen) atoms. The Bertz CT molecular complexity index is 302. The molecule has 0 aromatic rings. The van der Waals surface area contributed by atoms with Crippen molar-refractivity contribution in [3.8, 4) is 0 Å². The number of ether oxygens (including phenoxy) is 3. The van der Waals surface area contributed by atoms with E-state index in [1.165, 1.54) is 0 Å². The molecule has 2 atom stereocenters. The molecule has 0 aromatic heterocycles. The fourth-order valence-electron chi connectivity index (χ4n) is 3.07. The molecule has 1 heterocycles. The summed E-state index contributed by atoms with van der Waals surface area (Å²) in [5.41, 5.74) is 0. The number of methoxy groups -OCH3 is 1. The van der Waals surface area contributed by atoms with Gasteiger partial charge in [0, 0.05) is 19.7 Å². The summed E-state index contributed by atoms with van der Waals surface area (Å²) in [5, 5.41) is 3.42. The molecule has 5 nitrogen and oxygen atoms in total. The maximum Gasteiger partial charge on any atom is 0.308 e. The minimum absolute atomic E-state index is 0.0358. The molecule has 1 saturated carbocycles. The van der Waals surface area contributed by atoms with E-state index in [4.69, 9.17) is 14.2 Å². The van der Waals surface area contributed by atoms with Gasteiger partial charge >= 0.3 is 5.97 Å². The Balaban J connectivity index is 1.61. The summed E-state index contributed by atoms with van der Waals surface area (Å²) in [6.07, 6.45) is 5.35. The molecule has 0 amide bonds. The molecule has 0 bridgehead atoms. The van der Waals surface area contributed by atoms with Gasteiger partial charge in [-0.25, -0.2) is 0 Å². The van der Waals surface area contributed by atoms with Gasteiger partial charge in [0.05, 0.1) is 31.3 Å². The molecule has 2 fully saturated rings. The van der Waals surface area contributed by atoms with Crippen LogP contribution in [0.15, 0.2) is 0 Å². The van der Waals surface area contributed by atoms with E-state index in [-0.39, 0.29) is 11.9 Å². The van der Waals surface area contributed by atoms with E-state index in [2.05, 4.69) is 5.32 Å². The van der Waals surface area contributed by atoms with E-state index in [1.807, 2.05) is 6.92 Å². The highest BCUT2D eigenvalue weighted by molar-refractivity contribution is 5.72. The number of carbonyl (C=O) groups is 1. The second-order valence-corrected chi connectivity index (χ2v) is 5.76. The second-order valence-electron chi connectivity index (χ2n) is 5.76. The van der Waals surface area contributed by atoms with Gasteiger partial charge in [-0.1, -0.05) is 0 Å². The minimum Gasteiger partial charge on any atom is -0.466 e. The molecular weight excluding hydrogens is 258 g/mol. The van der Waals surface area contributed by atoms with E-state index in [0.29, 0.717) is 24.9 Å². The number of hydrogen-bond donors (Lipinski definition) is 1. The quantitative estimate of drug-likeness (QED) is 0.750. The van der Waals surface area contributed by atoms with Gasteiger partial charge in [-0.05, 0) is 39.0 Å². The van der Waals surface area contributed by atoms with Crippen molar-refractivity contribution in [2.24, 2.45) is 5.92 Å². The molecular formula is C15H27NO4. The molecule has 1 aliphatic heterocycles. The average Bonchev–Trinajstić information content (AvgIpc) is 2.94.